The van der Waals surface area contributed by atoms with Crippen LogP contribution in [0, 0.1) is 0 Å². The van der Waals surface area contributed by atoms with E-state index in [0.717, 1.165) is 6.42 Å². The average Bonchev–Trinajstić information content (AvgIpc) is 2.83. The first kappa shape index (κ1) is 15.2. The number of amides is 2. The van der Waals surface area contributed by atoms with Gasteiger partial charge in [-0.05, 0) is 12.8 Å². The van der Waals surface area contributed by atoms with E-state index in [4.69, 9.17) is 14.6 Å². The van der Waals surface area contributed by atoms with Crippen LogP contribution in [0.4, 0.5) is 0 Å². The molecule has 0 aliphatic carbocycles. The van der Waals surface area contributed by atoms with Crippen LogP contribution in [0.2, 0.25) is 0 Å². The minimum absolute atomic E-state index is 0.0353. The highest BCUT2D eigenvalue weighted by atomic mass is 16.5. The molecule has 2 rings (SSSR count). The molecule has 2 N–H and O–H groups in total. The second kappa shape index (κ2) is 7.56. The van der Waals surface area contributed by atoms with Crippen molar-refractivity contribution in [3.05, 3.63) is 0 Å². The van der Waals surface area contributed by atoms with E-state index >= 15 is 0 Å². The van der Waals surface area contributed by atoms with Gasteiger partial charge in [0, 0.05) is 19.6 Å². The summed E-state index contributed by atoms with van der Waals surface area (Å²) in [5.41, 5.74) is 0. The van der Waals surface area contributed by atoms with Gasteiger partial charge in [0.25, 0.3) is 0 Å². The van der Waals surface area contributed by atoms with Crippen LogP contribution in [0.1, 0.15) is 19.3 Å². The SMILES string of the molecule is O=C(CN1CCCC1=O)N[C@H]1COCC[C@H]1OCCO. The van der Waals surface area contributed by atoms with Crippen LogP contribution in [0.5, 0.6) is 0 Å². The van der Waals surface area contributed by atoms with E-state index in [-0.39, 0.29) is 43.7 Å². The summed E-state index contributed by atoms with van der Waals surface area (Å²) < 4.78 is 10.9. The maximum Gasteiger partial charge on any atom is 0.240 e. The van der Waals surface area contributed by atoms with Crippen LogP contribution < -0.4 is 5.32 Å². The van der Waals surface area contributed by atoms with Crippen molar-refractivity contribution in [1.29, 1.82) is 0 Å². The van der Waals surface area contributed by atoms with E-state index in [1.165, 1.54) is 0 Å². The first-order chi connectivity index (χ1) is 9.70. The van der Waals surface area contributed by atoms with Gasteiger partial charge in [0.15, 0.2) is 0 Å². The van der Waals surface area contributed by atoms with E-state index in [0.29, 0.717) is 32.6 Å². The molecule has 114 valence electrons. The van der Waals surface area contributed by atoms with Crippen LogP contribution in [0.3, 0.4) is 0 Å². The number of carbonyl (C=O) groups excluding carboxylic acids is 2. The van der Waals surface area contributed by atoms with E-state index in [1.807, 2.05) is 0 Å². The zero-order valence-corrected chi connectivity index (χ0v) is 11.5. The highest BCUT2D eigenvalue weighted by molar-refractivity contribution is 5.86. The van der Waals surface area contributed by atoms with Gasteiger partial charge in [0.05, 0.1) is 38.5 Å². The number of nitrogens with one attached hydrogen (secondary N) is 1. The molecule has 0 saturated carbocycles. The summed E-state index contributed by atoms with van der Waals surface area (Å²) in [7, 11) is 0. The van der Waals surface area contributed by atoms with Crippen molar-refractivity contribution < 1.29 is 24.2 Å². The molecule has 0 spiro atoms. The molecule has 0 bridgehead atoms. The molecule has 0 aromatic carbocycles. The molecule has 2 aliphatic heterocycles. The molecular formula is C13H22N2O5. The Morgan fingerprint density at radius 3 is 3.10 bits per heavy atom. The van der Waals surface area contributed by atoms with Gasteiger partial charge >= 0.3 is 0 Å². The van der Waals surface area contributed by atoms with Gasteiger partial charge in [-0.15, -0.1) is 0 Å². The number of aliphatic hydroxyl groups excluding tert-OH is 1. The van der Waals surface area contributed by atoms with Gasteiger partial charge in [-0.3, -0.25) is 9.59 Å². The van der Waals surface area contributed by atoms with Crippen molar-refractivity contribution >= 4 is 11.8 Å². The number of nitrogens with zero attached hydrogens (tertiary/aromatic N) is 1. The summed E-state index contributed by atoms with van der Waals surface area (Å²) in [6, 6.07) is -0.222. The van der Waals surface area contributed by atoms with Crippen molar-refractivity contribution in [1.82, 2.24) is 10.2 Å². The largest absolute Gasteiger partial charge is 0.394 e. The lowest BCUT2D eigenvalue weighted by molar-refractivity contribution is -0.135. The molecule has 0 radical (unpaired) electrons. The number of aliphatic hydroxyl groups is 1. The van der Waals surface area contributed by atoms with E-state index in [2.05, 4.69) is 5.32 Å². The van der Waals surface area contributed by atoms with E-state index in [1.54, 1.807) is 4.90 Å². The fourth-order valence-corrected chi connectivity index (χ4v) is 2.55. The first-order valence-electron chi connectivity index (χ1n) is 7.08. The fourth-order valence-electron chi connectivity index (χ4n) is 2.55. The average molecular weight is 286 g/mol. The van der Waals surface area contributed by atoms with Crippen LogP contribution >= 0.6 is 0 Å². The molecule has 7 nitrogen and oxygen atoms in total. The number of carbonyl (C=O) groups is 2. The first-order valence-corrected chi connectivity index (χ1v) is 7.08. The Balaban J connectivity index is 1.79. The molecular weight excluding hydrogens is 264 g/mol. The number of hydrogen-bond donors (Lipinski definition) is 2. The van der Waals surface area contributed by atoms with Crippen molar-refractivity contribution in [3.63, 3.8) is 0 Å². The third kappa shape index (κ3) is 4.16. The van der Waals surface area contributed by atoms with Gasteiger partial charge in [-0.2, -0.15) is 0 Å². The second-order valence-corrected chi connectivity index (χ2v) is 5.09. The highest BCUT2D eigenvalue weighted by Gasteiger charge is 2.29. The Kier molecular flexibility index (Phi) is 5.75. The van der Waals surface area contributed by atoms with Crippen LogP contribution in [-0.4, -0.2) is 73.5 Å². The van der Waals surface area contributed by atoms with Crippen LogP contribution in [-0.2, 0) is 19.1 Å². The lowest BCUT2D eigenvalue weighted by Crippen LogP contribution is -2.53. The van der Waals surface area contributed by atoms with Gasteiger partial charge < -0.3 is 24.8 Å². The second-order valence-electron chi connectivity index (χ2n) is 5.09. The van der Waals surface area contributed by atoms with Crippen molar-refractivity contribution in [2.45, 2.75) is 31.4 Å². The third-order valence-electron chi connectivity index (χ3n) is 3.57. The van der Waals surface area contributed by atoms with Crippen LogP contribution in [0.15, 0.2) is 0 Å². The number of likely N-dealkylation sites (tertiary alicyclic amines) is 1. The molecule has 7 heteroatoms. The standard InChI is InChI=1S/C13H22N2O5/c16-5-7-20-11-3-6-19-9-10(11)14-12(17)8-15-4-1-2-13(15)18/h10-11,16H,1-9H2,(H,14,17)/t10-,11+/m0/s1. The number of hydrogen-bond acceptors (Lipinski definition) is 5. The molecule has 2 amide bonds. The van der Waals surface area contributed by atoms with Gasteiger partial charge in [-0.25, -0.2) is 0 Å². The minimum atomic E-state index is -0.222. The molecule has 2 fully saturated rings. The summed E-state index contributed by atoms with van der Waals surface area (Å²) in [6.07, 6.45) is 1.89. The van der Waals surface area contributed by atoms with E-state index < -0.39 is 0 Å². The lowest BCUT2D eigenvalue weighted by Gasteiger charge is -2.32. The van der Waals surface area contributed by atoms with Crippen molar-refractivity contribution in [2.75, 3.05) is 39.5 Å². The van der Waals surface area contributed by atoms with Gasteiger partial charge in [-0.1, -0.05) is 0 Å². The molecule has 20 heavy (non-hydrogen) atoms. The third-order valence-corrected chi connectivity index (χ3v) is 3.57. The molecule has 2 aliphatic rings. The summed E-state index contributed by atoms with van der Waals surface area (Å²) >= 11 is 0. The lowest BCUT2D eigenvalue weighted by atomic mass is 10.1. The zero-order chi connectivity index (χ0) is 14.4. The predicted molar refractivity (Wildman–Crippen MR) is 70.0 cm³/mol. The fraction of sp³-hybridized carbons (Fsp3) is 0.846. The summed E-state index contributed by atoms with van der Waals surface area (Å²) in [5, 5.41) is 11.7. The van der Waals surface area contributed by atoms with E-state index in [9.17, 15) is 9.59 Å². The normalized spacial score (nSPS) is 26.9. The number of rotatable bonds is 6. The zero-order valence-electron chi connectivity index (χ0n) is 11.5. The molecule has 0 unspecified atom stereocenters. The van der Waals surface area contributed by atoms with Crippen LogP contribution in [0.25, 0.3) is 0 Å². The maximum absolute atomic E-state index is 12.0. The highest BCUT2D eigenvalue weighted by Crippen LogP contribution is 2.13. The Morgan fingerprint density at radius 1 is 1.55 bits per heavy atom. The Hall–Kier alpha value is -1.18. The molecule has 0 aromatic heterocycles. The minimum Gasteiger partial charge on any atom is -0.394 e. The molecule has 2 saturated heterocycles. The predicted octanol–water partition coefficient (Wildman–Crippen LogP) is -1.11. The Bertz CT molecular complexity index is 350. The number of ether oxygens (including phenoxy) is 2. The summed E-state index contributed by atoms with van der Waals surface area (Å²) in [5.74, 6) is -0.151. The molecule has 2 heterocycles. The van der Waals surface area contributed by atoms with Gasteiger partial charge in [0.2, 0.25) is 11.8 Å². The van der Waals surface area contributed by atoms with Gasteiger partial charge in [0.1, 0.15) is 0 Å². The Labute approximate surface area is 118 Å². The quantitative estimate of drug-likeness (QED) is 0.646. The van der Waals surface area contributed by atoms with Crippen molar-refractivity contribution in [2.24, 2.45) is 0 Å². The smallest absolute Gasteiger partial charge is 0.240 e. The topological polar surface area (TPSA) is 88.1 Å². The Morgan fingerprint density at radius 2 is 2.40 bits per heavy atom. The van der Waals surface area contributed by atoms with Crippen molar-refractivity contribution in [3.8, 4) is 0 Å². The summed E-state index contributed by atoms with van der Waals surface area (Å²) in [4.78, 5) is 25.0. The molecule has 0 aromatic rings. The summed E-state index contributed by atoms with van der Waals surface area (Å²) in [6.45, 7) is 1.95. The monoisotopic (exact) mass is 286 g/mol. The molecule has 2 atom stereocenters. The maximum atomic E-state index is 12.0.